The molecule has 0 bridgehead atoms. The molecule has 1 N–H and O–H groups in total. The van der Waals surface area contributed by atoms with Gasteiger partial charge in [-0.15, -0.1) is 18.3 Å². The summed E-state index contributed by atoms with van der Waals surface area (Å²) in [7, 11) is 1.54. The highest BCUT2D eigenvalue weighted by Crippen LogP contribution is 2.30. The number of carbonyl (C=O) groups excluding carboxylic acids is 1. The van der Waals surface area contributed by atoms with Crippen LogP contribution in [0.15, 0.2) is 47.3 Å². The van der Waals surface area contributed by atoms with Gasteiger partial charge in [-0.1, -0.05) is 28.9 Å². The summed E-state index contributed by atoms with van der Waals surface area (Å²) in [5.74, 6) is -1.93. The first-order chi connectivity index (χ1) is 16.9. The quantitative estimate of drug-likeness (QED) is 0.392. The Kier molecular flexibility index (Phi) is 6.35. The molecule has 0 fully saturated rings. The van der Waals surface area contributed by atoms with Crippen LogP contribution in [0.3, 0.4) is 0 Å². The summed E-state index contributed by atoms with van der Waals surface area (Å²) in [6.45, 7) is 3.06. The molecule has 0 aliphatic carbocycles. The molecule has 4 aromatic rings. The highest BCUT2D eigenvalue weighted by atomic mass is 35.5. The Morgan fingerprint density at radius 3 is 2.42 bits per heavy atom. The van der Waals surface area contributed by atoms with Crippen LogP contribution in [0.25, 0.3) is 11.4 Å². The minimum Gasteiger partial charge on any atom is -0.406 e. The molecule has 14 heteroatoms. The number of para-hydroxylation sites is 1. The summed E-state index contributed by atoms with van der Waals surface area (Å²) in [5.41, 5.74) is -0.224. The van der Waals surface area contributed by atoms with Crippen molar-refractivity contribution in [3.8, 4) is 17.1 Å². The molecule has 0 atom stereocenters. The number of halogens is 5. The molecule has 2 aromatic heterocycles. The van der Waals surface area contributed by atoms with Crippen LogP contribution < -0.4 is 15.6 Å². The van der Waals surface area contributed by atoms with Gasteiger partial charge >= 0.3 is 6.36 Å². The van der Waals surface area contributed by atoms with E-state index in [2.05, 4.69) is 20.4 Å². The third kappa shape index (κ3) is 4.56. The molecule has 1 amide bonds. The third-order valence-electron chi connectivity index (χ3n) is 5.36. The van der Waals surface area contributed by atoms with Crippen LogP contribution in [0.1, 0.15) is 21.9 Å². The largest absolute Gasteiger partial charge is 0.573 e. The van der Waals surface area contributed by atoms with E-state index < -0.39 is 29.4 Å². The van der Waals surface area contributed by atoms with E-state index in [1.54, 1.807) is 13.0 Å². The third-order valence-corrected chi connectivity index (χ3v) is 5.67. The van der Waals surface area contributed by atoms with Crippen molar-refractivity contribution >= 4 is 23.2 Å². The molecule has 36 heavy (non-hydrogen) atoms. The summed E-state index contributed by atoms with van der Waals surface area (Å²) in [5, 5.41) is 10.0. The molecule has 0 radical (unpaired) electrons. The summed E-state index contributed by atoms with van der Waals surface area (Å²) in [4.78, 5) is 26.0. The normalized spacial score (nSPS) is 11.6. The lowest BCUT2D eigenvalue weighted by atomic mass is 10.2. The molecule has 0 unspecified atom stereocenters. The second kappa shape index (κ2) is 9.15. The van der Waals surface area contributed by atoms with Gasteiger partial charge in [0.15, 0.2) is 5.69 Å². The van der Waals surface area contributed by atoms with Crippen LogP contribution in [-0.2, 0) is 7.05 Å². The zero-order chi connectivity index (χ0) is 26.4. The fourth-order valence-corrected chi connectivity index (χ4v) is 3.79. The van der Waals surface area contributed by atoms with Crippen molar-refractivity contribution in [3.63, 3.8) is 0 Å². The van der Waals surface area contributed by atoms with Crippen molar-refractivity contribution < 1.29 is 27.1 Å². The summed E-state index contributed by atoms with van der Waals surface area (Å²) >= 11 is 6.10. The van der Waals surface area contributed by atoms with Crippen LogP contribution in [0.4, 0.5) is 23.2 Å². The maximum absolute atomic E-state index is 14.3. The van der Waals surface area contributed by atoms with Crippen molar-refractivity contribution in [2.45, 2.75) is 20.2 Å². The van der Waals surface area contributed by atoms with Gasteiger partial charge in [-0.05, 0) is 38.1 Å². The van der Waals surface area contributed by atoms with Crippen molar-refractivity contribution in [1.29, 1.82) is 0 Å². The molecule has 0 aliphatic heterocycles. The van der Waals surface area contributed by atoms with E-state index in [0.29, 0.717) is 5.69 Å². The lowest BCUT2D eigenvalue weighted by Gasteiger charge is -2.11. The number of hydrogen-bond acceptors (Lipinski definition) is 5. The SMILES string of the molecule is Cc1c(C(=O)Nc2c(C)n(C)n(-c3ccccc3F)c2=O)nnn1-c1ccc(OC(F)(F)F)cc1Cl. The number of aromatic nitrogens is 5. The van der Waals surface area contributed by atoms with E-state index in [9.17, 15) is 27.2 Å². The Morgan fingerprint density at radius 2 is 1.78 bits per heavy atom. The summed E-state index contributed by atoms with van der Waals surface area (Å²) in [6.07, 6.45) is -4.89. The molecule has 188 valence electrons. The van der Waals surface area contributed by atoms with Crippen molar-refractivity contribution in [3.05, 3.63) is 80.7 Å². The Hall–Kier alpha value is -4.13. The number of alkyl halides is 3. The number of rotatable bonds is 5. The average molecular weight is 525 g/mol. The van der Waals surface area contributed by atoms with Crippen LogP contribution in [0.5, 0.6) is 5.75 Å². The van der Waals surface area contributed by atoms with E-state index in [4.69, 9.17) is 11.6 Å². The Bertz CT molecular complexity index is 1540. The van der Waals surface area contributed by atoms with Gasteiger partial charge in [0, 0.05) is 13.1 Å². The fraction of sp³-hybridized carbons (Fsp3) is 0.182. The van der Waals surface area contributed by atoms with Crippen LogP contribution in [0, 0.1) is 19.7 Å². The van der Waals surface area contributed by atoms with Gasteiger partial charge in [0.2, 0.25) is 0 Å². The fourth-order valence-electron chi connectivity index (χ4n) is 3.54. The average Bonchev–Trinajstić information content (AvgIpc) is 3.26. The van der Waals surface area contributed by atoms with E-state index in [1.807, 2.05) is 0 Å². The number of benzene rings is 2. The van der Waals surface area contributed by atoms with Gasteiger partial charge in [-0.3, -0.25) is 14.3 Å². The van der Waals surface area contributed by atoms with Gasteiger partial charge in [0.05, 0.1) is 22.1 Å². The predicted octanol–water partition coefficient (Wildman–Crippen LogP) is 4.32. The van der Waals surface area contributed by atoms with Crippen LogP contribution in [-0.4, -0.2) is 36.6 Å². The second-order valence-corrected chi connectivity index (χ2v) is 8.01. The first-order valence-corrected chi connectivity index (χ1v) is 10.6. The minimum absolute atomic E-state index is 0.00307. The van der Waals surface area contributed by atoms with E-state index >= 15 is 0 Å². The number of carbonyl (C=O) groups is 1. The second-order valence-electron chi connectivity index (χ2n) is 7.60. The highest BCUT2D eigenvalue weighted by Gasteiger charge is 2.31. The first-order valence-electron chi connectivity index (χ1n) is 10.2. The lowest BCUT2D eigenvalue weighted by Crippen LogP contribution is -2.24. The summed E-state index contributed by atoms with van der Waals surface area (Å²) in [6, 6.07) is 8.89. The number of amides is 1. The molecule has 4 rings (SSSR count). The van der Waals surface area contributed by atoms with Crippen LogP contribution in [0.2, 0.25) is 5.02 Å². The van der Waals surface area contributed by atoms with Crippen molar-refractivity contribution in [1.82, 2.24) is 24.4 Å². The number of nitrogens with zero attached hydrogens (tertiary/aromatic N) is 5. The number of hydrogen-bond donors (Lipinski definition) is 1. The zero-order valence-corrected chi connectivity index (χ0v) is 19.6. The number of ether oxygens (including phenoxy) is 1. The molecule has 2 aromatic carbocycles. The standard InChI is InChI=1S/C22H17ClF4N6O3/c1-11-19(21(35)33(31(11)3)17-7-5-4-6-15(17)24)28-20(34)18-12(2)32(30-29-18)16-9-8-13(10-14(16)23)36-22(25,26)27/h4-10H,1-3H3,(H,28,34). The highest BCUT2D eigenvalue weighted by molar-refractivity contribution is 6.32. The minimum atomic E-state index is -4.89. The van der Waals surface area contributed by atoms with Crippen molar-refractivity contribution in [2.75, 3.05) is 5.32 Å². The smallest absolute Gasteiger partial charge is 0.406 e. The Balaban J connectivity index is 1.65. The molecule has 0 spiro atoms. The van der Waals surface area contributed by atoms with Crippen molar-refractivity contribution in [2.24, 2.45) is 7.05 Å². The van der Waals surface area contributed by atoms with Gasteiger partial charge in [-0.2, -0.15) is 0 Å². The molecule has 0 aliphatic rings. The molecule has 2 heterocycles. The molecular formula is C22H17ClF4N6O3. The van der Waals surface area contributed by atoms with E-state index in [1.165, 1.54) is 42.9 Å². The Morgan fingerprint density at radius 1 is 1.08 bits per heavy atom. The van der Waals surface area contributed by atoms with Gasteiger partial charge in [0.1, 0.15) is 22.9 Å². The molecular weight excluding hydrogens is 508 g/mol. The maximum Gasteiger partial charge on any atom is 0.573 e. The first kappa shape index (κ1) is 25.0. The van der Waals surface area contributed by atoms with E-state index in [-0.39, 0.29) is 33.5 Å². The van der Waals surface area contributed by atoms with Gasteiger partial charge in [-0.25, -0.2) is 13.8 Å². The van der Waals surface area contributed by atoms with Crippen LogP contribution >= 0.6 is 11.6 Å². The monoisotopic (exact) mass is 524 g/mol. The van der Waals surface area contributed by atoms with E-state index in [0.717, 1.165) is 21.5 Å². The van der Waals surface area contributed by atoms with Gasteiger partial charge in [0.25, 0.3) is 11.5 Å². The molecule has 9 nitrogen and oxygen atoms in total. The lowest BCUT2D eigenvalue weighted by molar-refractivity contribution is -0.274. The predicted molar refractivity (Wildman–Crippen MR) is 121 cm³/mol. The summed E-state index contributed by atoms with van der Waals surface area (Å²) < 4.78 is 59.1. The molecule has 0 saturated carbocycles. The number of nitrogens with one attached hydrogen (secondary N) is 1. The maximum atomic E-state index is 14.3. The zero-order valence-electron chi connectivity index (χ0n) is 18.9. The molecule has 0 saturated heterocycles. The topological polar surface area (TPSA) is 96.0 Å². The van der Waals surface area contributed by atoms with Gasteiger partial charge < -0.3 is 10.1 Å². The number of anilines is 1. The Labute approximate surface area is 205 Å².